The fraction of sp³-hybridized carbons (Fsp3) is 0.294. The van der Waals surface area contributed by atoms with Crippen molar-refractivity contribution in [3.05, 3.63) is 90.0 Å². The summed E-state index contributed by atoms with van der Waals surface area (Å²) in [5, 5.41) is 9.09. The maximum Gasteiger partial charge on any atom is 0.339 e. The molecular formula is C34H39FN4O11S2. The van der Waals surface area contributed by atoms with Crippen LogP contribution in [0.25, 0.3) is 0 Å². The number of methoxy groups -OCH3 is 2. The van der Waals surface area contributed by atoms with E-state index in [0.29, 0.717) is 5.75 Å². The van der Waals surface area contributed by atoms with Crippen molar-refractivity contribution < 1.29 is 54.9 Å². The predicted molar refractivity (Wildman–Crippen MR) is 189 cm³/mol. The zero-order chi connectivity index (χ0) is 38.6. The summed E-state index contributed by atoms with van der Waals surface area (Å²) in [4.78, 5) is 30.6. The molecule has 0 spiro atoms. The van der Waals surface area contributed by atoms with Crippen LogP contribution >= 0.6 is 0 Å². The van der Waals surface area contributed by atoms with Crippen LogP contribution in [0.15, 0.2) is 82.8 Å². The molecule has 0 radical (unpaired) electrons. The third-order valence-corrected chi connectivity index (χ3v) is 10.6. The van der Waals surface area contributed by atoms with Crippen LogP contribution in [0.3, 0.4) is 0 Å². The number of halogens is 1. The number of fused-ring (bicyclic) bond motifs is 2. The van der Waals surface area contributed by atoms with E-state index in [2.05, 4.69) is 14.7 Å². The van der Waals surface area contributed by atoms with Crippen LogP contribution in [-0.4, -0.2) is 84.4 Å². The van der Waals surface area contributed by atoms with Crippen LogP contribution in [0, 0.1) is 5.82 Å². The number of aromatic nitrogens is 2. The van der Waals surface area contributed by atoms with Gasteiger partial charge < -0.3 is 24.1 Å². The first-order valence-corrected chi connectivity index (χ1v) is 18.8. The van der Waals surface area contributed by atoms with Crippen molar-refractivity contribution >= 4 is 43.4 Å². The number of hydrogen-bond acceptors (Lipinski definition) is 12. The molecule has 15 nitrogen and oxygen atoms in total. The van der Waals surface area contributed by atoms with E-state index in [1.165, 1.54) is 56.8 Å². The third-order valence-electron chi connectivity index (χ3n) is 6.99. The minimum atomic E-state index is -3.95. The van der Waals surface area contributed by atoms with Crippen molar-refractivity contribution in [1.82, 2.24) is 9.97 Å². The lowest BCUT2D eigenvalue weighted by atomic mass is 10.2. The molecule has 0 bridgehead atoms. The Balaban J connectivity index is 0.000000256. The molecule has 4 heterocycles. The molecule has 280 valence electrons. The molecule has 0 unspecified atom stereocenters. The molecule has 18 heteroatoms. The number of rotatable bonds is 7. The van der Waals surface area contributed by atoms with Gasteiger partial charge in [0.1, 0.15) is 36.2 Å². The summed E-state index contributed by atoms with van der Waals surface area (Å²) in [6, 6.07) is 13.0. The first-order valence-electron chi connectivity index (χ1n) is 15.9. The molecule has 0 saturated carbocycles. The first kappa shape index (κ1) is 40.9. The van der Waals surface area contributed by atoms with Crippen LogP contribution in [0.1, 0.15) is 48.4 Å². The molecule has 2 aliphatic heterocycles. The number of ether oxygens (including phenoxy) is 4. The minimum absolute atomic E-state index is 0.0407. The molecule has 1 N–H and O–H groups in total. The van der Waals surface area contributed by atoms with Gasteiger partial charge >= 0.3 is 11.9 Å². The second kappa shape index (κ2) is 18.1. The highest BCUT2D eigenvalue weighted by Gasteiger charge is 2.33. The van der Waals surface area contributed by atoms with Gasteiger partial charge in [0.05, 0.1) is 48.2 Å². The molecular weight excluding hydrogens is 724 g/mol. The Morgan fingerprint density at radius 3 is 1.58 bits per heavy atom. The Morgan fingerprint density at radius 1 is 0.731 bits per heavy atom. The maximum absolute atomic E-state index is 13.0. The van der Waals surface area contributed by atoms with Gasteiger partial charge in [0.25, 0.3) is 20.0 Å². The number of nitrogens with zero attached hydrogens (tertiary/aromatic N) is 4. The van der Waals surface area contributed by atoms with E-state index in [-0.39, 0.29) is 70.4 Å². The molecule has 0 atom stereocenters. The van der Waals surface area contributed by atoms with E-state index in [1.54, 1.807) is 12.1 Å². The van der Waals surface area contributed by atoms with Crippen LogP contribution in [-0.2, 0) is 24.8 Å². The summed E-state index contributed by atoms with van der Waals surface area (Å²) in [6.45, 7) is 8.34. The van der Waals surface area contributed by atoms with Crippen LogP contribution in [0.2, 0.25) is 0 Å². The summed E-state index contributed by atoms with van der Waals surface area (Å²) in [5.41, 5.74) is 0.223. The molecule has 2 aliphatic rings. The van der Waals surface area contributed by atoms with E-state index in [4.69, 9.17) is 19.3 Å². The lowest BCUT2D eigenvalue weighted by Gasteiger charge is -2.29. The van der Waals surface area contributed by atoms with Crippen molar-refractivity contribution in [2.45, 2.75) is 37.5 Å². The number of hydrogen-bond donors (Lipinski definition) is 1. The zero-order valence-electron chi connectivity index (χ0n) is 29.3. The number of carboxylic acids is 1. The van der Waals surface area contributed by atoms with Gasteiger partial charge in [-0.15, -0.1) is 0 Å². The van der Waals surface area contributed by atoms with E-state index in [9.17, 15) is 30.8 Å². The van der Waals surface area contributed by atoms with Gasteiger partial charge in [0, 0.05) is 12.4 Å². The Morgan fingerprint density at radius 2 is 1.15 bits per heavy atom. The minimum Gasteiger partial charge on any atom is -0.497 e. The van der Waals surface area contributed by atoms with Gasteiger partial charge in [-0.1, -0.05) is 27.7 Å². The standard InChI is InChI=1S/C15H13FN2O5S.C15H14N2O6S.2C2H6/c1-22-15(19)10-8-13-14(17-9-10)23-7-6-18(13)24(20,21)12-4-2-11(16)3-5-12;1-22-11-2-4-12(5-3-11)24(20,21)17-6-7-23-14-13(17)8-10(9-16-14)15(18)19;2*1-2/h2-5,8-9H,6-7H2,1H3;2-5,8-9H,6-7H2,1H3,(H,18,19);2*1-2H3. The van der Waals surface area contributed by atoms with E-state index >= 15 is 0 Å². The molecule has 0 amide bonds. The van der Waals surface area contributed by atoms with E-state index < -0.39 is 37.8 Å². The van der Waals surface area contributed by atoms with Gasteiger partial charge in [-0.25, -0.2) is 40.8 Å². The normalized spacial score (nSPS) is 13.0. The Kier molecular flexibility index (Phi) is 14.3. The molecule has 2 aromatic heterocycles. The smallest absolute Gasteiger partial charge is 0.339 e. The fourth-order valence-electron chi connectivity index (χ4n) is 4.61. The molecule has 0 saturated heterocycles. The Labute approximate surface area is 301 Å². The van der Waals surface area contributed by atoms with Gasteiger partial charge in [-0.3, -0.25) is 8.61 Å². The molecule has 52 heavy (non-hydrogen) atoms. The summed E-state index contributed by atoms with van der Waals surface area (Å²) < 4.78 is 86.9. The monoisotopic (exact) mass is 762 g/mol. The number of sulfonamides is 2. The lowest BCUT2D eigenvalue weighted by Crippen LogP contribution is -2.38. The molecule has 6 rings (SSSR count). The summed E-state index contributed by atoms with van der Waals surface area (Å²) in [5.74, 6) is -1.66. The Hall–Kier alpha value is -5.49. The Bertz CT molecular complexity index is 2060. The fourth-order valence-corrected chi connectivity index (χ4v) is 7.49. The number of benzene rings is 2. The summed E-state index contributed by atoms with van der Waals surface area (Å²) in [7, 11) is -5.12. The van der Waals surface area contributed by atoms with Crippen molar-refractivity contribution in [2.24, 2.45) is 0 Å². The predicted octanol–water partition coefficient (Wildman–Crippen LogP) is 5.02. The number of carbonyl (C=O) groups is 2. The number of carbonyl (C=O) groups excluding carboxylic acids is 1. The lowest BCUT2D eigenvalue weighted by molar-refractivity contribution is 0.0599. The number of aromatic carboxylic acids is 1. The van der Waals surface area contributed by atoms with Crippen LogP contribution in [0.4, 0.5) is 15.8 Å². The quantitative estimate of drug-likeness (QED) is 0.247. The second-order valence-electron chi connectivity index (χ2n) is 9.87. The van der Waals surface area contributed by atoms with Gasteiger partial charge in [-0.05, 0) is 60.7 Å². The van der Waals surface area contributed by atoms with Crippen LogP contribution < -0.4 is 22.8 Å². The zero-order valence-corrected chi connectivity index (χ0v) is 30.9. The topological polar surface area (TPSA) is 192 Å². The number of anilines is 2. The number of carboxylic acid groups (broad SMARTS) is 1. The van der Waals surface area contributed by atoms with Crippen LogP contribution in [0.5, 0.6) is 17.5 Å². The average Bonchev–Trinajstić information content (AvgIpc) is 3.18. The van der Waals surface area contributed by atoms with Crippen molar-refractivity contribution in [3.8, 4) is 17.5 Å². The highest BCUT2D eigenvalue weighted by Crippen LogP contribution is 2.36. The number of pyridine rings is 2. The summed E-state index contributed by atoms with van der Waals surface area (Å²) in [6.07, 6.45) is 2.38. The summed E-state index contributed by atoms with van der Waals surface area (Å²) >= 11 is 0. The van der Waals surface area contributed by atoms with E-state index in [1.807, 2.05) is 27.7 Å². The van der Waals surface area contributed by atoms with Gasteiger partial charge in [-0.2, -0.15) is 0 Å². The first-order chi connectivity index (χ1) is 24.9. The van der Waals surface area contributed by atoms with Crippen molar-refractivity contribution in [3.63, 3.8) is 0 Å². The average molecular weight is 763 g/mol. The van der Waals surface area contributed by atoms with Gasteiger partial charge in [0.2, 0.25) is 11.8 Å². The van der Waals surface area contributed by atoms with E-state index in [0.717, 1.165) is 26.9 Å². The molecule has 2 aromatic carbocycles. The molecule has 0 fully saturated rings. The molecule has 0 aliphatic carbocycles. The SMILES string of the molecule is CC.CC.COC(=O)c1cnc2c(c1)N(S(=O)(=O)c1ccc(F)cc1)CCO2.COc1ccc(S(=O)(=O)N2CCOc3ncc(C(=O)O)cc32)cc1. The van der Waals surface area contributed by atoms with Crippen molar-refractivity contribution in [1.29, 1.82) is 0 Å². The molecule has 4 aromatic rings. The maximum atomic E-state index is 13.0. The highest BCUT2D eigenvalue weighted by atomic mass is 32.2. The second-order valence-corrected chi connectivity index (χ2v) is 13.6. The van der Waals surface area contributed by atoms with Gasteiger partial charge in [0.15, 0.2) is 0 Å². The third kappa shape index (κ3) is 9.05. The highest BCUT2D eigenvalue weighted by molar-refractivity contribution is 7.93. The largest absolute Gasteiger partial charge is 0.497 e. The van der Waals surface area contributed by atoms with Crippen molar-refractivity contribution in [2.75, 3.05) is 49.1 Å². The number of esters is 1.